The summed E-state index contributed by atoms with van der Waals surface area (Å²) in [6.07, 6.45) is 10.9. The number of H-pyrrole nitrogens is 1. The fraction of sp³-hybridized carbons (Fsp3) is 0.314. The van der Waals surface area contributed by atoms with Gasteiger partial charge in [0.2, 0.25) is 5.91 Å². The van der Waals surface area contributed by atoms with E-state index in [4.69, 9.17) is 21.1 Å². The molecule has 1 fully saturated rings. The molecule has 0 unspecified atom stereocenters. The molecule has 7 rings (SSSR count). The Morgan fingerprint density at radius 2 is 1.78 bits per heavy atom. The standard InChI is InChI=1S/C35H35ClFN9O4/c1-49-29-5-7-38-20-27(29)25-17-24(22-4-3-9-45(21-22)31(47)6-10-46-11-8-40-42-46)32(37)33-26(25)18-28(41-33)35(48)44-14-12-43(13-15-44)34-30(50-2)16-23(36)19-39-34/h4-5,7-8,11,16-20,41H,3,6,9-10,12-15,21H2,1-2H3. The molecule has 2 aliphatic rings. The van der Waals surface area contributed by atoms with E-state index in [1.807, 2.05) is 11.0 Å². The maximum Gasteiger partial charge on any atom is 0.270 e. The van der Waals surface area contributed by atoms with Gasteiger partial charge >= 0.3 is 0 Å². The summed E-state index contributed by atoms with van der Waals surface area (Å²) in [4.78, 5) is 44.5. The fourth-order valence-corrected chi connectivity index (χ4v) is 6.71. The number of hydrogen-bond donors (Lipinski definition) is 1. The van der Waals surface area contributed by atoms with E-state index in [1.54, 1.807) is 84.0 Å². The molecular formula is C35H35ClFN9O4. The first-order valence-electron chi connectivity index (χ1n) is 16.2. The second-order valence-corrected chi connectivity index (χ2v) is 12.5. The third-order valence-electron chi connectivity index (χ3n) is 9.14. The van der Waals surface area contributed by atoms with Crippen LogP contribution in [0.4, 0.5) is 10.2 Å². The van der Waals surface area contributed by atoms with Crippen LogP contribution in [0, 0.1) is 5.82 Å². The van der Waals surface area contributed by atoms with Crippen LogP contribution in [0.25, 0.3) is 27.6 Å². The van der Waals surface area contributed by atoms with Gasteiger partial charge in [0, 0.05) is 93.1 Å². The first-order chi connectivity index (χ1) is 24.3. The molecule has 0 bridgehead atoms. The lowest BCUT2D eigenvalue weighted by Crippen LogP contribution is -2.49. The number of fused-ring (bicyclic) bond motifs is 1. The molecule has 1 aromatic carbocycles. The monoisotopic (exact) mass is 699 g/mol. The topological polar surface area (TPSA) is 135 Å². The third-order valence-corrected chi connectivity index (χ3v) is 9.34. The van der Waals surface area contributed by atoms with Gasteiger partial charge < -0.3 is 29.2 Å². The molecule has 5 aromatic rings. The van der Waals surface area contributed by atoms with Crippen LogP contribution in [0.15, 0.2) is 61.3 Å². The zero-order valence-corrected chi connectivity index (χ0v) is 28.4. The van der Waals surface area contributed by atoms with Crippen molar-refractivity contribution in [1.82, 2.24) is 39.7 Å². The van der Waals surface area contributed by atoms with Gasteiger partial charge in [-0.2, -0.15) is 0 Å². The first-order valence-corrected chi connectivity index (χ1v) is 16.6. The van der Waals surface area contributed by atoms with Crippen molar-refractivity contribution in [2.24, 2.45) is 0 Å². The number of aryl methyl sites for hydroxylation is 1. The van der Waals surface area contributed by atoms with E-state index >= 15 is 4.39 Å². The zero-order chi connectivity index (χ0) is 34.8. The van der Waals surface area contributed by atoms with Crippen LogP contribution in [0.3, 0.4) is 0 Å². The minimum absolute atomic E-state index is 0.0557. The van der Waals surface area contributed by atoms with Crippen molar-refractivity contribution in [2.45, 2.75) is 19.4 Å². The number of halogens is 2. The molecule has 0 atom stereocenters. The molecule has 6 heterocycles. The Bertz CT molecular complexity index is 2080. The summed E-state index contributed by atoms with van der Waals surface area (Å²) in [7, 11) is 3.13. The van der Waals surface area contributed by atoms with Crippen molar-refractivity contribution in [3.8, 4) is 22.6 Å². The van der Waals surface area contributed by atoms with E-state index < -0.39 is 5.82 Å². The number of benzene rings is 1. The molecule has 1 saturated heterocycles. The maximum atomic E-state index is 16.7. The number of carbonyl (C=O) groups excluding carboxylic acids is 2. The van der Waals surface area contributed by atoms with Crippen molar-refractivity contribution in [2.75, 3.05) is 58.4 Å². The van der Waals surface area contributed by atoms with Gasteiger partial charge in [-0.3, -0.25) is 19.3 Å². The van der Waals surface area contributed by atoms with E-state index in [0.717, 1.165) is 0 Å². The van der Waals surface area contributed by atoms with E-state index in [0.29, 0.717) is 95.7 Å². The van der Waals surface area contributed by atoms with Crippen molar-refractivity contribution < 1.29 is 23.5 Å². The number of rotatable bonds is 9. The molecule has 50 heavy (non-hydrogen) atoms. The summed E-state index contributed by atoms with van der Waals surface area (Å²) >= 11 is 6.10. The summed E-state index contributed by atoms with van der Waals surface area (Å²) in [6.45, 7) is 3.07. The molecular weight excluding hydrogens is 665 g/mol. The second kappa shape index (κ2) is 14.2. The molecule has 13 nitrogen and oxygen atoms in total. The van der Waals surface area contributed by atoms with Crippen molar-refractivity contribution in [3.63, 3.8) is 0 Å². The van der Waals surface area contributed by atoms with Crippen LogP contribution in [-0.2, 0) is 11.3 Å². The van der Waals surface area contributed by atoms with Gasteiger partial charge in [-0.1, -0.05) is 22.9 Å². The number of amides is 2. The number of aromatic nitrogens is 6. The van der Waals surface area contributed by atoms with Crippen LogP contribution in [-0.4, -0.2) is 105 Å². The molecule has 0 saturated carbocycles. The van der Waals surface area contributed by atoms with Gasteiger partial charge in [-0.15, -0.1) is 5.10 Å². The Balaban J connectivity index is 1.18. The molecule has 0 spiro atoms. The molecule has 2 amide bonds. The average molecular weight is 700 g/mol. The average Bonchev–Trinajstić information content (AvgIpc) is 3.85. The van der Waals surface area contributed by atoms with Crippen LogP contribution < -0.4 is 14.4 Å². The highest BCUT2D eigenvalue weighted by Gasteiger charge is 2.29. The minimum atomic E-state index is -0.500. The van der Waals surface area contributed by atoms with Crippen molar-refractivity contribution >= 4 is 45.7 Å². The van der Waals surface area contributed by atoms with Crippen LogP contribution >= 0.6 is 11.6 Å². The van der Waals surface area contributed by atoms with Gasteiger partial charge in [-0.25, -0.2) is 9.37 Å². The lowest BCUT2D eigenvalue weighted by Gasteiger charge is -2.35. The predicted molar refractivity (Wildman–Crippen MR) is 186 cm³/mol. The number of ether oxygens (including phenoxy) is 2. The highest BCUT2D eigenvalue weighted by molar-refractivity contribution is 6.30. The summed E-state index contributed by atoms with van der Waals surface area (Å²) in [6, 6.07) is 6.91. The van der Waals surface area contributed by atoms with E-state index in [-0.39, 0.29) is 36.0 Å². The van der Waals surface area contributed by atoms with Crippen molar-refractivity contribution in [3.05, 3.63) is 83.4 Å². The number of methoxy groups -OCH3 is 2. The Morgan fingerprint density at radius 3 is 2.54 bits per heavy atom. The summed E-state index contributed by atoms with van der Waals surface area (Å²) in [5, 5.41) is 8.72. The fourth-order valence-electron chi connectivity index (χ4n) is 6.56. The molecule has 4 aromatic heterocycles. The Morgan fingerprint density at radius 1 is 0.960 bits per heavy atom. The number of hydrogen-bond acceptors (Lipinski definition) is 9. The quantitative estimate of drug-likeness (QED) is 0.233. The minimum Gasteiger partial charge on any atom is -0.496 e. The Hall–Kier alpha value is -5.50. The van der Waals surface area contributed by atoms with Gasteiger partial charge in [0.1, 0.15) is 11.4 Å². The van der Waals surface area contributed by atoms with Crippen LogP contribution in [0.2, 0.25) is 5.02 Å². The molecule has 0 radical (unpaired) electrons. The van der Waals surface area contributed by atoms with Gasteiger partial charge in [-0.05, 0) is 35.8 Å². The summed E-state index contributed by atoms with van der Waals surface area (Å²) in [5.74, 6) is 0.969. The number of carbonyl (C=O) groups is 2. The largest absolute Gasteiger partial charge is 0.496 e. The second-order valence-electron chi connectivity index (χ2n) is 12.0. The SMILES string of the molecule is COc1ccncc1-c1cc(C2=CCCN(C(=O)CCn3ccnn3)C2)c(F)c2[nH]c(C(=O)N3CCN(c4ncc(Cl)cc4OC)CC3)cc12. The highest BCUT2D eigenvalue weighted by atomic mass is 35.5. The summed E-state index contributed by atoms with van der Waals surface area (Å²) < 4.78 is 29.4. The molecule has 1 N–H and O–H groups in total. The lowest BCUT2D eigenvalue weighted by atomic mass is 9.93. The smallest absolute Gasteiger partial charge is 0.270 e. The zero-order valence-electron chi connectivity index (χ0n) is 27.6. The third kappa shape index (κ3) is 6.45. The summed E-state index contributed by atoms with van der Waals surface area (Å²) in [5.41, 5.74) is 2.77. The number of nitrogens with one attached hydrogen (secondary N) is 1. The van der Waals surface area contributed by atoms with E-state index in [1.165, 1.54) is 0 Å². The molecule has 15 heteroatoms. The number of nitrogens with zero attached hydrogens (tertiary/aromatic N) is 8. The number of anilines is 1. The predicted octanol–water partition coefficient (Wildman–Crippen LogP) is 4.69. The number of aromatic amines is 1. The lowest BCUT2D eigenvalue weighted by molar-refractivity contribution is -0.131. The van der Waals surface area contributed by atoms with Crippen molar-refractivity contribution in [1.29, 1.82) is 0 Å². The number of pyridine rings is 2. The molecule has 258 valence electrons. The van der Waals surface area contributed by atoms with Crippen LogP contribution in [0.1, 0.15) is 28.9 Å². The Kier molecular flexibility index (Phi) is 9.35. The molecule has 2 aliphatic heterocycles. The van der Waals surface area contributed by atoms with Gasteiger partial charge in [0.25, 0.3) is 5.91 Å². The van der Waals surface area contributed by atoms with E-state index in [2.05, 4.69) is 25.3 Å². The number of piperazine rings is 1. The maximum absolute atomic E-state index is 16.7. The van der Waals surface area contributed by atoms with Gasteiger partial charge in [0.05, 0.1) is 37.5 Å². The first kappa shape index (κ1) is 33.0. The molecule has 0 aliphatic carbocycles. The van der Waals surface area contributed by atoms with E-state index in [9.17, 15) is 9.59 Å². The highest BCUT2D eigenvalue weighted by Crippen LogP contribution is 2.40. The Labute approximate surface area is 292 Å². The normalized spacial score (nSPS) is 15.0. The van der Waals surface area contributed by atoms with Crippen LogP contribution in [0.5, 0.6) is 11.5 Å². The van der Waals surface area contributed by atoms with Gasteiger partial charge in [0.15, 0.2) is 17.4 Å².